The van der Waals surface area contributed by atoms with Crippen LogP contribution >= 0.6 is 21.6 Å². The third-order valence-electron chi connectivity index (χ3n) is 7.90. The zero-order valence-corrected chi connectivity index (χ0v) is 25.2. The molecule has 1 atom stereocenters. The summed E-state index contributed by atoms with van der Waals surface area (Å²) in [6.07, 6.45) is 14.7. The number of ether oxygens (including phenoxy) is 1. The Balaban J connectivity index is 1.52. The maximum Gasteiger partial charge on any atom is 0.159 e. The Kier molecular flexibility index (Phi) is 8.11. The van der Waals surface area contributed by atoms with Crippen molar-refractivity contribution in [3.8, 4) is 23.0 Å². The molecule has 39 heavy (non-hydrogen) atoms. The van der Waals surface area contributed by atoms with Crippen molar-refractivity contribution in [1.82, 2.24) is 19.2 Å². The van der Waals surface area contributed by atoms with Gasteiger partial charge in [-0.3, -0.25) is 0 Å². The van der Waals surface area contributed by atoms with E-state index in [1.54, 1.807) is 23.7 Å². The van der Waals surface area contributed by atoms with E-state index in [0.717, 1.165) is 66.6 Å². The first-order valence-corrected chi connectivity index (χ1v) is 17.1. The number of nitrogens with zero attached hydrogens (tertiary/aromatic N) is 4. The molecule has 3 heterocycles. The van der Waals surface area contributed by atoms with E-state index in [1.807, 2.05) is 6.20 Å². The highest BCUT2D eigenvalue weighted by molar-refractivity contribution is 8.32. The van der Waals surface area contributed by atoms with Gasteiger partial charge in [0.2, 0.25) is 0 Å². The summed E-state index contributed by atoms with van der Waals surface area (Å²) in [5.74, 6) is 6.68. The summed E-state index contributed by atoms with van der Waals surface area (Å²) in [6, 6.07) is 3.66. The second-order valence-electron chi connectivity index (χ2n) is 12.2. The number of aliphatic hydroxyl groups is 1. The molecule has 2 aromatic heterocycles. The lowest BCUT2D eigenvalue weighted by molar-refractivity contribution is 0.0810. The van der Waals surface area contributed by atoms with Crippen LogP contribution in [-0.2, 0) is 11.5 Å². The molecule has 5 rings (SSSR count). The highest BCUT2D eigenvalue weighted by Crippen LogP contribution is 2.40. The van der Waals surface area contributed by atoms with Crippen LogP contribution in [0.25, 0.3) is 22.0 Å². The molecule has 1 N–H and O–H groups in total. The average molecular weight is 575 g/mol. The monoisotopic (exact) mass is 574 g/mol. The quantitative estimate of drug-likeness (QED) is 0.275. The normalized spacial score (nSPS) is 19.2. The molecule has 1 saturated heterocycles. The van der Waals surface area contributed by atoms with Crippen molar-refractivity contribution in [3.05, 3.63) is 41.1 Å². The molecule has 0 spiro atoms. The largest absolute Gasteiger partial charge is 0.378 e. The Morgan fingerprint density at radius 2 is 1.87 bits per heavy atom. The molecule has 1 saturated carbocycles. The van der Waals surface area contributed by atoms with E-state index >= 15 is 4.39 Å². The summed E-state index contributed by atoms with van der Waals surface area (Å²) in [7, 11) is 1.51. The van der Waals surface area contributed by atoms with Gasteiger partial charge in [0.05, 0.1) is 17.7 Å². The highest BCUT2D eigenvalue weighted by atomic mass is 35.5. The molecule has 3 aromatic rings. The topological polar surface area (TPSA) is 55.5 Å². The molecule has 2 aliphatic rings. The van der Waals surface area contributed by atoms with Gasteiger partial charge in [0, 0.05) is 40.7 Å². The first-order valence-electron chi connectivity index (χ1n) is 13.7. The van der Waals surface area contributed by atoms with Gasteiger partial charge in [-0.1, -0.05) is 23.4 Å². The molecule has 2 fully saturated rings. The SMILES string of the molecule is CN1CCC(n2cc(-c3cn(COCCS(C)(C)C)nc3Cl)c3cc(C#CC(C)(O)C4CC4)c(F)cc32)CC1. The Morgan fingerprint density at radius 3 is 2.54 bits per heavy atom. The zero-order chi connectivity index (χ0) is 27.9. The van der Waals surface area contributed by atoms with Crippen LogP contribution in [0.3, 0.4) is 0 Å². The molecular weight excluding hydrogens is 535 g/mol. The number of aromatic nitrogens is 3. The van der Waals surface area contributed by atoms with E-state index in [2.05, 4.69) is 58.4 Å². The number of fused-ring (bicyclic) bond motifs is 1. The van der Waals surface area contributed by atoms with Crippen LogP contribution in [0.2, 0.25) is 5.15 Å². The van der Waals surface area contributed by atoms with Crippen LogP contribution in [0.5, 0.6) is 0 Å². The molecule has 1 aliphatic heterocycles. The summed E-state index contributed by atoms with van der Waals surface area (Å²) < 4.78 is 25.2. The summed E-state index contributed by atoms with van der Waals surface area (Å²) in [5, 5.41) is 16.4. The fourth-order valence-electron chi connectivity index (χ4n) is 5.21. The molecule has 1 aromatic carbocycles. The van der Waals surface area contributed by atoms with E-state index in [1.165, 1.54) is 0 Å². The van der Waals surface area contributed by atoms with Gasteiger partial charge in [0.15, 0.2) is 5.15 Å². The fourth-order valence-corrected chi connectivity index (χ4v) is 6.07. The van der Waals surface area contributed by atoms with Crippen molar-refractivity contribution in [2.75, 3.05) is 51.3 Å². The minimum Gasteiger partial charge on any atom is -0.378 e. The predicted octanol–water partition coefficient (Wildman–Crippen LogP) is 5.74. The number of halogens is 2. The molecule has 0 amide bonds. The molecule has 9 heteroatoms. The standard InChI is InChI=1S/C30H40ClFN4O2S/c1-30(37,22-6-7-22)11-8-21-16-24-25(26-18-35(33-29(26)31)20-38-14-15-39(3,4)5)19-36(28(24)17-27(21)32)23-9-12-34(2)13-10-23/h16-19,22-23,37H,6-7,9-10,12-15,20H2,1-5H3. The average Bonchev–Trinajstić information content (AvgIpc) is 3.59. The van der Waals surface area contributed by atoms with Crippen molar-refractivity contribution < 1.29 is 14.2 Å². The molecule has 212 valence electrons. The Hall–Kier alpha value is -2.02. The minimum absolute atomic E-state index is 0.162. The van der Waals surface area contributed by atoms with Gasteiger partial charge in [-0.05, 0) is 89.6 Å². The van der Waals surface area contributed by atoms with Crippen LogP contribution in [0.4, 0.5) is 4.39 Å². The van der Waals surface area contributed by atoms with Gasteiger partial charge in [-0.15, -0.1) is 0 Å². The zero-order valence-electron chi connectivity index (χ0n) is 23.6. The van der Waals surface area contributed by atoms with Gasteiger partial charge in [0.25, 0.3) is 0 Å². The summed E-state index contributed by atoms with van der Waals surface area (Å²) in [5.41, 5.74) is 1.68. The Morgan fingerprint density at radius 1 is 1.15 bits per heavy atom. The molecule has 1 aliphatic carbocycles. The van der Waals surface area contributed by atoms with E-state index < -0.39 is 15.6 Å². The third kappa shape index (κ3) is 6.66. The lowest BCUT2D eigenvalue weighted by Gasteiger charge is -2.30. The first kappa shape index (κ1) is 28.5. The maximum absolute atomic E-state index is 15.4. The molecule has 1 unspecified atom stereocenters. The van der Waals surface area contributed by atoms with Crippen LogP contribution in [-0.4, -0.2) is 81.2 Å². The lowest BCUT2D eigenvalue weighted by atomic mass is 10.00. The van der Waals surface area contributed by atoms with Crippen molar-refractivity contribution in [1.29, 1.82) is 0 Å². The molecule has 0 radical (unpaired) electrons. The number of likely N-dealkylation sites (tertiary alicyclic amines) is 1. The van der Waals surface area contributed by atoms with Gasteiger partial charge >= 0.3 is 0 Å². The number of hydrogen-bond acceptors (Lipinski definition) is 4. The highest BCUT2D eigenvalue weighted by Gasteiger charge is 2.38. The van der Waals surface area contributed by atoms with Gasteiger partial charge in [-0.25, -0.2) is 19.1 Å². The number of benzene rings is 1. The van der Waals surface area contributed by atoms with E-state index in [-0.39, 0.29) is 23.3 Å². The van der Waals surface area contributed by atoms with Crippen molar-refractivity contribution in [3.63, 3.8) is 0 Å². The predicted molar refractivity (Wildman–Crippen MR) is 160 cm³/mol. The number of piperidine rings is 1. The van der Waals surface area contributed by atoms with Crippen LogP contribution in [0.1, 0.15) is 44.2 Å². The Labute approximate surface area is 237 Å². The van der Waals surface area contributed by atoms with Crippen molar-refractivity contribution in [2.45, 2.75) is 51.0 Å². The summed E-state index contributed by atoms with van der Waals surface area (Å²) >= 11 is 6.68. The third-order valence-corrected chi connectivity index (χ3v) is 9.57. The van der Waals surface area contributed by atoms with Gasteiger partial charge in [0.1, 0.15) is 18.1 Å². The van der Waals surface area contributed by atoms with Crippen molar-refractivity contribution >= 4 is 32.5 Å². The fraction of sp³-hybridized carbons (Fsp3) is 0.567. The molecule has 6 nitrogen and oxygen atoms in total. The van der Waals surface area contributed by atoms with E-state index in [4.69, 9.17) is 16.3 Å². The molecular formula is C30H40ClFN4O2S. The summed E-state index contributed by atoms with van der Waals surface area (Å²) in [4.78, 5) is 2.32. The van der Waals surface area contributed by atoms with Crippen LogP contribution < -0.4 is 0 Å². The van der Waals surface area contributed by atoms with Gasteiger partial charge in [-0.2, -0.15) is 5.10 Å². The summed E-state index contributed by atoms with van der Waals surface area (Å²) in [6.45, 7) is 4.70. The minimum atomic E-state index is -1.11. The second kappa shape index (κ2) is 11.1. The number of hydrogen-bond donors (Lipinski definition) is 1. The van der Waals surface area contributed by atoms with Crippen LogP contribution in [0.15, 0.2) is 24.5 Å². The Bertz CT molecular complexity index is 1400. The van der Waals surface area contributed by atoms with E-state index in [0.29, 0.717) is 18.5 Å². The smallest absolute Gasteiger partial charge is 0.159 e. The second-order valence-corrected chi connectivity index (χ2v) is 17.2. The number of rotatable bonds is 8. The first-order chi connectivity index (χ1) is 18.4. The van der Waals surface area contributed by atoms with Crippen molar-refractivity contribution in [2.24, 2.45) is 5.92 Å². The van der Waals surface area contributed by atoms with Crippen LogP contribution in [0, 0.1) is 23.6 Å². The maximum atomic E-state index is 15.4. The molecule has 0 bridgehead atoms. The van der Waals surface area contributed by atoms with E-state index in [9.17, 15) is 5.11 Å². The van der Waals surface area contributed by atoms with Gasteiger partial charge < -0.3 is 19.3 Å². The lowest BCUT2D eigenvalue weighted by Crippen LogP contribution is -2.31.